The number of nitrogens with one attached hydrogen (secondary N) is 1. The molecule has 3 rings (SSSR count). The van der Waals surface area contributed by atoms with Crippen molar-refractivity contribution in [2.45, 2.75) is 19.9 Å². The van der Waals surface area contributed by atoms with Crippen LogP contribution < -0.4 is 10.1 Å². The number of aromatic nitrogens is 1. The fourth-order valence-corrected chi connectivity index (χ4v) is 2.55. The smallest absolute Gasteiger partial charge is 0.226 e. The van der Waals surface area contributed by atoms with Crippen molar-refractivity contribution in [3.05, 3.63) is 71.6 Å². The topological polar surface area (TPSA) is 64.4 Å². The predicted octanol–water partition coefficient (Wildman–Crippen LogP) is 3.52. The van der Waals surface area contributed by atoms with Gasteiger partial charge < -0.3 is 14.5 Å². The van der Waals surface area contributed by atoms with Crippen molar-refractivity contribution < 1.29 is 13.9 Å². The molecular formula is C20H20N2O3. The third kappa shape index (κ3) is 4.07. The molecule has 0 aliphatic heterocycles. The van der Waals surface area contributed by atoms with Gasteiger partial charge in [-0.25, -0.2) is 4.98 Å². The highest BCUT2D eigenvalue weighted by Gasteiger charge is 2.14. The minimum atomic E-state index is -0.109. The lowest BCUT2D eigenvalue weighted by Crippen LogP contribution is -2.25. The van der Waals surface area contributed by atoms with Crippen molar-refractivity contribution in [2.24, 2.45) is 0 Å². The average Bonchev–Trinajstić information content (AvgIpc) is 3.01. The van der Waals surface area contributed by atoms with Crippen LogP contribution in [0.5, 0.6) is 5.75 Å². The van der Waals surface area contributed by atoms with Crippen LogP contribution in [0.3, 0.4) is 0 Å². The number of para-hydroxylation sites is 1. The van der Waals surface area contributed by atoms with Gasteiger partial charge in [0.15, 0.2) is 0 Å². The molecule has 1 aromatic heterocycles. The summed E-state index contributed by atoms with van der Waals surface area (Å²) >= 11 is 0. The minimum Gasteiger partial charge on any atom is -0.496 e. The number of aryl methyl sites for hydroxylation is 1. The molecule has 0 bridgehead atoms. The molecule has 0 fully saturated rings. The first-order chi connectivity index (χ1) is 12.2. The number of carbonyl (C=O) groups is 1. The number of hydrogen-bond acceptors (Lipinski definition) is 4. The molecule has 0 aliphatic rings. The number of oxazole rings is 1. The predicted molar refractivity (Wildman–Crippen MR) is 95.2 cm³/mol. The molecule has 0 spiro atoms. The van der Waals surface area contributed by atoms with Crippen LogP contribution in [-0.2, 0) is 17.8 Å². The van der Waals surface area contributed by atoms with Crippen LogP contribution in [-0.4, -0.2) is 18.0 Å². The van der Waals surface area contributed by atoms with E-state index in [2.05, 4.69) is 10.3 Å². The SMILES string of the molecule is COc1ccccc1CNC(=O)Cc1nc(-c2ccccc2)oc1C. The van der Waals surface area contributed by atoms with Crippen molar-refractivity contribution in [2.75, 3.05) is 7.11 Å². The lowest BCUT2D eigenvalue weighted by molar-refractivity contribution is -0.120. The molecular weight excluding hydrogens is 316 g/mol. The van der Waals surface area contributed by atoms with Crippen LogP contribution in [0.15, 0.2) is 59.0 Å². The number of nitrogens with zero attached hydrogens (tertiary/aromatic N) is 1. The summed E-state index contributed by atoms with van der Waals surface area (Å²) in [6.45, 7) is 2.23. The van der Waals surface area contributed by atoms with Crippen LogP contribution in [0.25, 0.3) is 11.5 Å². The number of benzene rings is 2. The van der Waals surface area contributed by atoms with E-state index in [0.717, 1.165) is 16.9 Å². The summed E-state index contributed by atoms with van der Waals surface area (Å²) in [6, 6.07) is 17.2. The highest BCUT2D eigenvalue weighted by molar-refractivity contribution is 5.78. The molecule has 0 aliphatic carbocycles. The maximum absolute atomic E-state index is 12.2. The Morgan fingerprint density at radius 2 is 1.84 bits per heavy atom. The Bertz CT molecular complexity index is 856. The Kier molecular flexibility index (Phi) is 5.14. The fourth-order valence-electron chi connectivity index (χ4n) is 2.55. The quantitative estimate of drug-likeness (QED) is 0.748. The summed E-state index contributed by atoms with van der Waals surface area (Å²) in [4.78, 5) is 16.7. The maximum atomic E-state index is 12.2. The molecule has 5 nitrogen and oxygen atoms in total. The lowest BCUT2D eigenvalue weighted by Gasteiger charge is -2.09. The standard InChI is InChI=1S/C20H20N2O3/c1-14-17(22-20(25-14)15-8-4-3-5-9-15)12-19(23)21-13-16-10-6-7-11-18(16)24-2/h3-11H,12-13H2,1-2H3,(H,21,23). The van der Waals surface area contributed by atoms with Gasteiger partial charge in [-0.2, -0.15) is 0 Å². The number of rotatable bonds is 6. The van der Waals surface area contributed by atoms with Gasteiger partial charge in [-0.3, -0.25) is 4.79 Å². The van der Waals surface area contributed by atoms with Gasteiger partial charge in [0.25, 0.3) is 0 Å². The Morgan fingerprint density at radius 3 is 2.60 bits per heavy atom. The molecule has 0 unspecified atom stereocenters. The second-order valence-corrected chi connectivity index (χ2v) is 5.65. The molecule has 1 heterocycles. The molecule has 0 saturated carbocycles. The van der Waals surface area contributed by atoms with Crippen molar-refractivity contribution in [1.82, 2.24) is 10.3 Å². The van der Waals surface area contributed by atoms with Crippen LogP contribution in [0.2, 0.25) is 0 Å². The van der Waals surface area contributed by atoms with Crippen molar-refractivity contribution in [3.63, 3.8) is 0 Å². The van der Waals surface area contributed by atoms with E-state index in [1.54, 1.807) is 7.11 Å². The zero-order valence-corrected chi connectivity index (χ0v) is 14.3. The Morgan fingerprint density at radius 1 is 1.12 bits per heavy atom. The minimum absolute atomic E-state index is 0.109. The third-order valence-electron chi connectivity index (χ3n) is 3.91. The molecule has 1 amide bonds. The van der Waals surface area contributed by atoms with Gasteiger partial charge in [0, 0.05) is 17.7 Å². The van der Waals surface area contributed by atoms with E-state index < -0.39 is 0 Å². The van der Waals surface area contributed by atoms with Gasteiger partial charge in [0.05, 0.1) is 19.2 Å². The van der Waals surface area contributed by atoms with Gasteiger partial charge in [0.2, 0.25) is 11.8 Å². The summed E-state index contributed by atoms with van der Waals surface area (Å²) in [5.41, 5.74) is 2.47. The molecule has 0 saturated heterocycles. The molecule has 1 N–H and O–H groups in total. The van der Waals surface area contributed by atoms with E-state index in [9.17, 15) is 4.79 Å². The van der Waals surface area contributed by atoms with Gasteiger partial charge in [-0.1, -0.05) is 36.4 Å². The van der Waals surface area contributed by atoms with Crippen LogP contribution in [0.1, 0.15) is 17.0 Å². The zero-order valence-electron chi connectivity index (χ0n) is 14.3. The Labute approximate surface area is 146 Å². The molecule has 5 heteroatoms. The first kappa shape index (κ1) is 16.8. The fraction of sp³-hybridized carbons (Fsp3) is 0.200. The number of carbonyl (C=O) groups excluding carboxylic acids is 1. The van der Waals surface area contributed by atoms with Crippen LogP contribution >= 0.6 is 0 Å². The number of methoxy groups -OCH3 is 1. The van der Waals surface area contributed by atoms with Crippen molar-refractivity contribution >= 4 is 5.91 Å². The Balaban J connectivity index is 1.64. The Hall–Kier alpha value is -3.08. The van der Waals surface area contributed by atoms with E-state index in [1.807, 2.05) is 61.5 Å². The van der Waals surface area contributed by atoms with Gasteiger partial charge in [-0.15, -0.1) is 0 Å². The zero-order chi connectivity index (χ0) is 17.6. The van der Waals surface area contributed by atoms with Crippen molar-refractivity contribution in [3.8, 4) is 17.2 Å². The maximum Gasteiger partial charge on any atom is 0.226 e. The second-order valence-electron chi connectivity index (χ2n) is 5.65. The van der Waals surface area contributed by atoms with Gasteiger partial charge >= 0.3 is 0 Å². The summed E-state index contributed by atoms with van der Waals surface area (Å²) in [7, 11) is 1.62. The largest absolute Gasteiger partial charge is 0.496 e. The van der Waals surface area contributed by atoms with E-state index in [1.165, 1.54) is 0 Å². The molecule has 0 radical (unpaired) electrons. The summed E-state index contributed by atoms with van der Waals surface area (Å²) in [5.74, 6) is 1.84. The van der Waals surface area contributed by atoms with Crippen LogP contribution in [0.4, 0.5) is 0 Å². The summed E-state index contributed by atoms with van der Waals surface area (Å²) in [6.07, 6.45) is 0.178. The third-order valence-corrected chi connectivity index (χ3v) is 3.91. The first-order valence-corrected chi connectivity index (χ1v) is 8.07. The summed E-state index contributed by atoms with van der Waals surface area (Å²) in [5, 5.41) is 2.90. The van der Waals surface area contributed by atoms with Crippen molar-refractivity contribution in [1.29, 1.82) is 0 Å². The van der Waals surface area contributed by atoms with Gasteiger partial charge in [0.1, 0.15) is 11.5 Å². The molecule has 128 valence electrons. The number of amides is 1. The summed E-state index contributed by atoms with van der Waals surface area (Å²) < 4.78 is 11.0. The number of hydrogen-bond donors (Lipinski definition) is 1. The average molecular weight is 336 g/mol. The molecule has 0 atom stereocenters. The molecule has 3 aromatic rings. The van der Waals surface area contributed by atoms with Crippen LogP contribution in [0, 0.1) is 6.92 Å². The molecule has 2 aromatic carbocycles. The first-order valence-electron chi connectivity index (χ1n) is 8.07. The highest BCUT2D eigenvalue weighted by Crippen LogP contribution is 2.22. The normalized spacial score (nSPS) is 10.5. The second kappa shape index (κ2) is 7.66. The van der Waals surface area contributed by atoms with E-state index in [-0.39, 0.29) is 12.3 Å². The molecule has 25 heavy (non-hydrogen) atoms. The van der Waals surface area contributed by atoms with Gasteiger partial charge in [-0.05, 0) is 25.1 Å². The van der Waals surface area contributed by atoms with E-state index in [4.69, 9.17) is 9.15 Å². The monoisotopic (exact) mass is 336 g/mol. The van der Waals surface area contributed by atoms with E-state index >= 15 is 0 Å². The lowest BCUT2D eigenvalue weighted by atomic mass is 10.2. The van der Waals surface area contributed by atoms with E-state index in [0.29, 0.717) is 23.9 Å². The highest BCUT2D eigenvalue weighted by atomic mass is 16.5. The number of ether oxygens (including phenoxy) is 1.